The maximum Gasteiger partial charge on any atom is 0.412 e. The van der Waals surface area contributed by atoms with E-state index in [9.17, 15) is 14.4 Å². The average molecular weight is 431 g/mol. The molecule has 3 rings (SSSR count). The van der Waals surface area contributed by atoms with Gasteiger partial charge in [-0.15, -0.1) is 0 Å². The van der Waals surface area contributed by atoms with Crippen LogP contribution in [0.5, 0.6) is 0 Å². The van der Waals surface area contributed by atoms with Gasteiger partial charge in [0, 0.05) is 16.5 Å². The number of hydrogen-bond acceptors (Lipinski definition) is 4. The van der Waals surface area contributed by atoms with Crippen LogP contribution in [-0.4, -0.2) is 35.4 Å². The van der Waals surface area contributed by atoms with Gasteiger partial charge < -0.3 is 10.1 Å². The number of amides is 2. The summed E-state index contributed by atoms with van der Waals surface area (Å²) < 4.78 is 6.11. The second-order valence-corrected chi connectivity index (χ2v) is 7.17. The molecule has 7 heteroatoms. The van der Waals surface area contributed by atoms with Gasteiger partial charge in [0.25, 0.3) is 5.91 Å². The molecular formula is C20H19BrN2O4. The van der Waals surface area contributed by atoms with Gasteiger partial charge in [0.05, 0.1) is 6.54 Å². The second kappa shape index (κ2) is 8.35. The molecule has 2 aromatic rings. The predicted octanol–water partition coefficient (Wildman–Crippen LogP) is 3.43. The molecule has 1 N–H and O–H groups in total. The fourth-order valence-corrected chi connectivity index (χ4v) is 3.26. The van der Waals surface area contributed by atoms with Crippen LogP contribution in [0.2, 0.25) is 0 Å². The molecule has 0 spiro atoms. The second-order valence-electron chi connectivity index (χ2n) is 6.31. The zero-order valence-electron chi connectivity index (χ0n) is 14.8. The van der Waals surface area contributed by atoms with E-state index in [2.05, 4.69) is 21.2 Å². The maximum absolute atomic E-state index is 12.6. The highest BCUT2D eigenvalue weighted by Gasteiger charge is 2.36. The summed E-state index contributed by atoms with van der Waals surface area (Å²) in [6, 6.07) is 14.6. The van der Waals surface area contributed by atoms with Crippen LogP contribution < -0.4 is 5.32 Å². The van der Waals surface area contributed by atoms with Crippen molar-refractivity contribution in [3.8, 4) is 0 Å². The number of nitrogens with one attached hydrogen (secondary N) is 1. The minimum absolute atomic E-state index is 0.0687. The summed E-state index contributed by atoms with van der Waals surface area (Å²) in [6.45, 7) is 1.86. The first kappa shape index (κ1) is 19.1. The number of ketones is 1. The van der Waals surface area contributed by atoms with E-state index in [1.54, 1.807) is 12.1 Å². The van der Waals surface area contributed by atoms with E-state index in [0.29, 0.717) is 5.56 Å². The normalized spacial score (nSPS) is 16.3. The molecule has 140 valence electrons. The first-order chi connectivity index (χ1) is 13.0. The molecule has 27 heavy (non-hydrogen) atoms. The standard InChI is InChI=1S/C20H19BrN2O4/c1-13-16(8-5-9-17(13)21)19(25)22-18-10-15(24)11-23(18)20(26)27-12-14-6-3-2-4-7-14/h2-9,18H,10-12H2,1H3,(H,22,25). The minimum atomic E-state index is -0.716. The van der Waals surface area contributed by atoms with E-state index in [1.165, 1.54) is 4.90 Å². The Labute approximate surface area is 165 Å². The Balaban J connectivity index is 1.66. The van der Waals surface area contributed by atoms with Crippen LogP contribution in [0.25, 0.3) is 0 Å². The first-order valence-electron chi connectivity index (χ1n) is 8.50. The highest BCUT2D eigenvalue weighted by molar-refractivity contribution is 9.10. The third-order valence-electron chi connectivity index (χ3n) is 4.39. The molecule has 1 unspecified atom stereocenters. The summed E-state index contributed by atoms with van der Waals surface area (Å²) in [5, 5.41) is 2.77. The van der Waals surface area contributed by atoms with Crippen LogP contribution in [-0.2, 0) is 16.1 Å². The topological polar surface area (TPSA) is 75.7 Å². The Morgan fingerprint density at radius 2 is 1.93 bits per heavy atom. The van der Waals surface area contributed by atoms with Gasteiger partial charge in [0.15, 0.2) is 5.78 Å². The zero-order valence-corrected chi connectivity index (χ0v) is 16.4. The van der Waals surface area contributed by atoms with Crippen molar-refractivity contribution < 1.29 is 19.1 Å². The SMILES string of the molecule is Cc1c(Br)cccc1C(=O)NC1CC(=O)CN1C(=O)OCc1ccccc1. The number of hydrogen-bond donors (Lipinski definition) is 1. The average Bonchev–Trinajstić information content (AvgIpc) is 3.03. The first-order valence-corrected chi connectivity index (χ1v) is 9.30. The predicted molar refractivity (Wildman–Crippen MR) is 103 cm³/mol. The Morgan fingerprint density at radius 3 is 2.67 bits per heavy atom. The fourth-order valence-electron chi connectivity index (χ4n) is 2.90. The molecule has 0 bridgehead atoms. The van der Waals surface area contributed by atoms with Crippen molar-refractivity contribution in [2.24, 2.45) is 0 Å². The van der Waals surface area contributed by atoms with E-state index >= 15 is 0 Å². The van der Waals surface area contributed by atoms with Crippen LogP contribution in [0.15, 0.2) is 53.0 Å². The molecule has 2 amide bonds. The molecule has 0 saturated carbocycles. The summed E-state index contributed by atoms with van der Waals surface area (Å²) >= 11 is 3.40. The van der Waals surface area contributed by atoms with Crippen LogP contribution in [0.3, 0.4) is 0 Å². The number of rotatable bonds is 4. The number of halogens is 1. The number of carbonyl (C=O) groups excluding carboxylic acids is 3. The van der Waals surface area contributed by atoms with Crippen molar-refractivity contribution in [2.45, 2.75) is 26.1 Å². The van der Waals surface area contributed by atoms with Crippen molar-refractivity contribution >= 4 is 33.7 Å². The van der Waals surface area contributed by atoms with Crippen LogP contribution in [0, 0.1) is 6.92 Å². The third-order valence-corrected chi connectivity index (χ3v) is 5.25. The maximum atomic E-state index is 12.6. The van der Waals surface area contributed by atoms with Gasteiger partial charge in [-0.2, -0.15) is 0 Å². The van der Waals surface area contributed by atoms with Gasteiger partial charge in [-0.1, -0.05) is 52.3 Å². The van der Waals surface area contributed by atoms with Crippen LogP contribution >= 0.6 is 15.9 Å². The number of likely N-dealkylation sites (tertiary alicyclic amines) is 1. The van der Waals surface area contributed by atoms with Crippen molar-refractivity contribution in [3.63, 3.8) is 0 Å². The van der Waals surface area contributed by atoms with Gasteiger partial charge >= 0.3 is 6.09 Å². The van der Waals surface area contributed by atoms with E-state index in [0.717, 1.165) is 15.6 Å². The summed E-state index contributed by atoms with van der Waals surface area (Å²) in [6.07, 6.45) is -1.27. The summed E-state index contributed by atoms with van der Waals surface area (Å²) in [7, 11) is 0. The van der Waals surface area contributed by atoms with E-state index in [-0.39, 0.29) is 31.3 Å². The Kier molecular flexibility index (Phi) is 5.91. The molecule has 1 saturated heterocycles. The van der Waals surface area contributed by atoms with E-state index in [1.807, 2.05) is 43.3 Å². The highest BCUT2D eigenvalue weighted by atomic mass is 79.9. The molecule has 0 aromatic heterocycles. The molecule has 0 radical (unpaired) electrons. The molecule has 1 heterocycles. The van der Waals surface area contributed by atoms with Crippen molar-refractivity contribution in [3.05, 3.63) is 69.7 Å². The number of ether oxygens (including phenoxy) is 1. The molecule has 1 fully saturated rings. The molecule has 2 aromatic carbocycles. The van der Waals surface area contributed by atoms with Gasteiger partial charge in [-0.05, 0) is 30.2 Å². The monoisotopic (exact) mass is 430 g/mol. The lowest BCUT2D eigenvalue weighted by atomic mass is 10.1. The van der Waals surface area contributed by atoms with Crippen molar-refractivity contribution in [2.75, 3.05) is 6.54 Å². The quantitative estimate of drug-likeness (QED) is 0.805. The lowest BCUT2D eigenvalue weighted by Crippen LogP contribution is -2.47. The van der Waals surface area contributed by atoms with Gasteiger partial charge in [0.2, 0.25) is 0 Å². The van der Waals surface area contributed by atoms with Gasteiger partial charge in [-0.3, -0.25) is 14.5 Å². The number of carbonyl (C=O) groups is 3. The Hall–Kier alpha value is -2.67. The highest BCUT2D eigenvalue weighted by Crippen LogP contribution is 2.21. The van der Waals surface area contributed by atoms with E-state index in [4.69, 9.17) is 4.74 Å². The number of Topliss-reactive ketones (excluding diaryl/α,β-unsaturated/α-hetero) is 1. The summed E-state index contributed by atoms with van der Waals surface area (Å²) in [5.41, 5.74) is 2.13. The summed E-state index contributed by atoms with van der Waals surface area (Å²) in [5.74, 6) is -0.461. The third kappa shape index (κ3) is 4.54. The van der Waals surface area contributed by atoms with Crippen molar-refractivity contribution in [1.29, 1.82) is 0 Å². The molecule has 0 aliphatic carbocycles. The lowest BCUT2D eigenvalue weighted by Gasteiger charge is -2.24. The largest absolute Gasteiger partial charge is 0.444 e. The zero-order chi connectivity index (χ0) is 19.4. The molecule has 6 nitrogen and oxygen atoms in total. The van der Waals surface area contributed by atoms with Crippen LogP contribution in [0.4, 0.5) is 4.79 Å². The molecular weight excluding hydrogens is 412 g/mol. The molecule has 1 aliphatic heterocycles. The smallest absolute Gasteiger partial charge is 0.412 e. The molecule has 1 atom stereocenters. The van der Waals surface area contributed by atoms with Crippen molar-refractivity contribution in [1.82, 2.24) is 10.2 Å². The van der Waals surface area contributed by atoms with Gasteiger partial charge in [0.1, 0.15) is 12.8 Å². The minimum Gasteiger partial charge on any atom is -0.444 e. The fraction of sp³-hybridized carbons (Fsp3) is 0.250. The lowest BCUT2D eigenvalue weighted by molar-refractivity contribution is -0.116. The Bertz CT molecular complexity index is 870. The van der Waals surface area contributed by atoms with E-state index < -0.39 is 12.3 Å². The summed E-state index contributed by atoms with van der Waals surface area (Å²) in [4.78, 5) is 38.1. The van der Waals surface area contributed by atoms with Crippen LogP contribution in [0.1, 0.15) is 27.9 Å². The number of benzene rings is 2. The molecule has 1 aliphatic rings. The van der Waals surface area contributed by atoms with Gasteiger partial charge in [-0.25, -0.2) is 4.79 Å². The Morgan fingerprint density at radius 1 is 1.19 bits per heavy atom. The number of nitrogens with zero attached hydrogens (tertiary/aromatic N) is 1.